The van der Waals surface area contributed by atoms with Crippen molar-refractivity contribution in [3.63, 3.8) is 0 Å². The number of benzene rings is 2. The number of hydrogen-bond donors (Lipinski definition) is 1. The van der Waals surface area contributed by atoms with Crippen molar-refractivity contribution in [2.24, 2.45) is 0 Å². The van der Waals surface area contributed by atoms with Gasteiger partial charge in [-0.1, -0.05) is 12.1 Å². The van der Waals surface area contributed by atoms with E-state index >= 15 is 0 Å². The zero-order valence-corrected chi connectivity index (χ0v) is 18.2. The van der Waals surface area contributed by atoms with E-state index in [1.807, 2.05) is 41.8 Å². The largest absolute Gasteiger partial charge is 0.493 e. The van der Waals surface area contributed by atoms with Gasteiger partial charge in [-0.15, -0.1) is 11.3 Å². The molecular formula is C22H24N2O5S. The quantitative estimate of drug-likeness (QED) is 0.560. The standard InChI is InChI=1S/C22H24N2O5S/c1-26-17-9-8-14(10-19(17)28-3)22-24-16(13-30-22)11-20(25)23-12-15-6-5-7-18(27-2)21(15)29-4/h5-10,13H,11-12H2,1-4H3,(H,23,25). The smallest absolute Gasteiger partial charge is 0.226 e. The summed E-state index contributed by atoms with van der Waals surface area (Å²) in [5.41, 5.74) is 2.46. The van der Waals surface area contributed by atoms with Crippen LogP contribution >= 0.6 is 11.3 Å². The topological polar surface area (TPSA) is 78.9 Å². The van der Waals surface area contributed by atoms with Gasteiger partial charge in [0.2, 0.25) is 5.91 Å². The highest BCUT2D eigenvalue weighted by atomic mass is 32.1. The molecule has 0 aliphatic heterocycles. The number of carbonyl (C=O) groups excluding carboxylic acids is 1. The van der Waals surface area contributed by atoms with Crippen molar-refractivity contribution < 1.29 is 23.7 Å². The summed E-state index contributed by atoms with van der Waals surface area (Å²) in [7, 11) is 6.35. The van der Waals surface area contributed by atoms with E-state index in [9.17, 15) is 4.79 Å². The van der Waals surface area contributed by atoms with Crippen LogP contribution in [0.4, 0.5) is 0 Å². The summed E-state index contributed by atoms with van der Waals surface area (Å²) < 4.78 is 21.3. The normalized spacial score (nSPS) is 10.4. The van der Waals surface area contributed by atoms with Crippen LogP contribution in [-0.4, -0.2) is 39.3 Å². The Bertz CT molecular complexity index is 1020. The van der Waals surface area contributed by atoms with Gasteiger partial charge in [0.05, 0.1) is 40.6 Å². The van der Waals surface area contributed by atoms with E-state index in [0.29, 0.717) is 35.2 Å². The van der Waals surface area contributed by atoms with Gasteiger partial charge in [0.15, 0.2) is 23.0 Å². The Morgan fingerprint density at radius 2 is 1.73 bits per heavy atom. The summed E-state index contributed by atoms with van der Waals surface area (Å²) in [5, 5.41) is 5.61. The maximum atomic E-state index is 12.4. The average Bonchev–Trinajstić information content (AvgIpc) is 3.24. The number of aromatic nitrogens is 1. The minimum Gasteiger partial charge on any atom is -0.493 e. The fraction of sp³-hybridized carbons (Fsp3) is 0.273. The Morgan fingerprint density at radius 1 is 0.967 bits per heavy atom. The first kappa shape index (κ1) is 21.4. The molecular weight excluding hydrogens is 404 g/mol. The molecule has 1 aromatic heterocycles. The molecule has 0 spiro atoms. The molecule has 0 saturated heterocycles. The van der Waals surface area contributed by atoms with E-state index in [0.717, 1.165) is 16.1 Å². The lowest BCUT2D eigenvalue weighted by Gasteiger charge is -2.13. The van der Waals surface area contributed by atoms with Crippen molar-refractivity contribution in [1.29, 1.82) is 0 Å². The van der Waals surface area contributed by atoms with E-state index in [1.54, 1.807) is 28.4 Å². The summed E-state index contributed by atoms with van der Waals surface area (Å²) in [6.07, 6.45) is 0.191. The second-order valence-electron chi connectivity index (χ2n) is 6.32. The first-order chi connectivity index (χ1) is 14.6. The molecule has 0 bridgehead atoms. The van der Waals surface area contributed by atoms with Crippen molar-refractivity contribution in [3.05, 3.63) is 53.0 Å². The summed E-state index contributed by atoms with van der Waals surface area (Å²) in [5.74, 6) is 2.42. The van der Waals surface area contributed by atoms with Gasteiger partial charge in [0.1, 0.15) is 5.01 Å². The summed E-state index contributed by atoms with van der Waals surface area (Å²) in [6.45, 7) is 0.339. The number of carbonyl (C=O) groups is 1. The predicted octanol–water partition coefficient (Wildman–Crippen LogP) is 3.70. The molecule has 0 aliphatic carbocycles. The zero-order valence-electron chi connectivity index (χ0n) is 17.4. The third-order valence-electron chi connectivity index (χ3n) is 4.48. The van der Waals surface area contributed by atoms with Crippen molar-refractivity contribution in [2.75, 3.05) is 28.4 Å². The first-order valence-electron chi connectivity index (χ1n) is 9.23. The van der Waals surface area contributed by atoms with Gasteiger partial charge in [0.25, 0.3) is 0 Å². The lowest BCUT2D eigenvalue weighted by Crippen LogP contribution is -2.25. The molecule has 1 amide bonds. The molecule has 8 heteroatoms. The van der Waals surface area contributed by atoms with Gasteiger partial charge in [-0.05, 0) is 24.3 Å². The monoisotopic (exact) mass is 428 g/mol. The maximum Gasteiger partial charge on any atom is 0.226 e. The Morgan fingerprint density at radius 3 is 2.43 bits per heavy atom. The van der Waals surface area contributed by atoms with Crippen molar-refractivity contribution in [2.45, 2.75) is 13.0 Å². The number of hydrogen-bond acceptors (Lipinski definition) is 7. The molecule has 158 valence electrons. The number of thiazole rings is 1. The van der Waals surface area contributed by atoms with Crippen LogP contribution in [0.15, 0.2) is 41.8 Å². The molecule has 3 rings (SSSR count). The number of amides is 1. The Hall–Kier alpha value is -3.26. The lowest BCUT2D eigenvalue weighted by molar-refractivity contribution is -0.120. The van der Waals surface area contributed by atoms with Crippen molar-refractivity contribution in [3.8, 4) is 33.6 Å². The highest BCUT2D eigenvalue weighted by Gasteiger charge is 2.13. The third-order valence-corrected chi connectivity index (χ3v) is 5.42. The average molecular weight is 429 g/mol. The summed E-state index contributed by atoms with van der Waals surface area (Å²) in [4.78, 5) is 17.0. The van der Waals surface area contributed by atoms with Crippen LogP contribution in [0.3, 0.4) is 0 Å². The maximum absolute atomic E-state index is 12.4. The molecule has 2 aromatic carbocycles. The summed E-state index contributed by atoms with van der Waals surface area (Å²) >= 11 is 1.48. The number of methoxy groups -OCH3 is 4. The van der Waals surface area contributed by atoms with E-state index in [2.05, 4.69) is 10.3 Å². The number of rotatable bonds is 9. The van der Waals surface area contributed by atoms with Crippen LogP contribution < -0.4 is 24.3 Å². The number of para-hydroxylation sites is 1. The molecule has 0 saturated carbocycles. The predicted molar refractivity (Wildman–Crippen MR) is 116 cm³/mol. The third kappa shape index (κ3) is 4.83. The molecule has 0 fully saturated rings. The molecule has 0 unspecified atom stereocenters. The molecule has 7 nitrogen and oxygen atoms in total. The van der Waals surface area contributed by atoms with Gasteiger partial charge >= 0.3 is 0 Å². The Balaban J connectivity index is 1.65. The molecule has 1 heterocycles. The van der Waals surface area contributed by atoms with Crippen LogP contribution in [0.5, 0.6) is 23.0 Å². The lowest BCUT2D eigenvalue weighted by atomic mass is 10.1. The zero-order chi connectivity index (χ0) is 21.5. The minimum absolute atomic E-state index is 0.121. The molecule has 30 heavy (non-hydrogen) atoms. The Labute approximate surface area is 179 Å². The fourth-order valence-electron chi connectivity index (χ4n) is 3.00. The van der Waals surface area contributed by atoms with Gasteiger partial charge in [-0.25, -0.2) is 4.98 Å². The fourth-order valence-corrected chi connectivity index (χ4v) is 3.82. The second kappa shape index (κ2) is 9.98. The van der Waals surface area contributed by atoms with E-state index < -0.39 is 0 Å². The van der Waals surface area contributed by atoms with Crippen LogP contribution in [0.1, 0.15) is 11.3 Å². The minimum atomic E-state index is -0.121. The van der Waals surface area contributed by atoms with Gasteiger partial charge in [0, 0.05) is 23.1 Å². The van der Waals surface area contributed by atoms with Crippen LogP contribution in [0.2, 0.25) is 0 Å². The molecule has 0 atom stereocenters. The summed E-state index contributed by atoms with van der Waals surface area (Å²) in [6, 6.07) is 11.2. The van der Waals surface area contributed by atoms with Crippen LogP contribution in [-0.2, 0) is 17.8 Å². The highest BCUT2D eigenvalue weighted by Crippen LogP contribution is 2.34. The molecule has 3 aromatic rings. The molecule has 1 N–H and O–H groups in total. The first-order valence-corrected chi connectivity index (χ1v) is 10.1. The SMILES string of the molecule is COc1ccc(-c2nc(CC(=O)NCc3cccc(OC)c3OC)cs2)cc1OC. The van der Waals surface area contributed by atoms with Gasteiger partial charge in [-0.3, -0.25) is 4.79 Å². The van der Waals surface area contributed by atoms with Gasteiger partial charge < -0.3 is 24.3 Å². The molecule has 0 radical (unpaired) electrons. The number of ether oxygens (including phenoxy) is 4. The number of nitrogens with zero attached hydrogens (tertiary/aromatic N) is 1. The second-order valence-corrected chi connectivity index (χ2v) is 7.18. The van der Waals surface area contributed by atoms with Crippen LogP contribution in [0, 0.1) is 0 Å². The van der Waals surface area contributed by atoms with E-state index in [1.165, 1.54) is 11.3 Å². The Kier molecular flexibility index (Phi) is 7.13. The van der Waals surface area contributed by atoms with E-state index in [-0.39, 0.29) is 12.3 Å². The molecule has 0 aliphatic rings. The van der Waals surface area contributed by atoms with E-state index in [4.69, 9.17) is 18.9 Å². The van der Waals surface area contributed by atoms with Gasteiger partial charge in [-0.2, -0.15) is 0 Å². The van der Waals surface area contributed by atoms with Crippen LogP contribution in [0.25, 0.3) is 10.6 Å². The highest BCUT2D eigenvalue weighted by molar-refractivity contribution is 7.13. The van der Waals surface area contributed by atoms with Crippen molar-refractivity contribution >= 4 is 17.2 Å². The number of nitrogens with one attached hydrogen (secondary N) is 1. The van der Waals surface area contributed by atoms with Crippen molar-refractivity contribution in [1.82, 2.24) is 10.3 Å².